The minimum absolute atomic E-state index is 0.379. The van der Waals surface area contributed by atoms with E-state index in [-0.39, 0.29) is 0 Å². The molecule has 13 heavy (non-hydrogen) atoms. The average Bonchev–Trinajstić information content (AvgIpc) is 2.13. The lowest BCUT2D eigenvalue weighted by atomic mass is 9.49. The third-order valence-corrected chi connectivity index (χ3v) is 4.55. The molecule has 0 spiro atoms. The topological polar surface area (TPSA) is 43.1 Å². The first kappa shape index (κ1) is 7.98. The number of rotatable bonds is 1. The Kier molecular flexibility index (Phi) is 1.44. The van der Waals surface area contributed by atoms with Crippen LogP contribution in [0, 0.1) is 23.2 Å². The smallest absolute Gasteiger partial charge is 0.139 e. The molecule has 0 heterocycles. The molecular formula is C11H17NO. The van der Waals surface area contributed by atoms with Gasteiger partial charge in [0.1, 0.15) is 5.78 Å². The number of hydrogen-bond acceptors (Lipinski definition) is 2. The van der Waals surface area contributed by atoms with E-state index in [1.807, 2.05) is 0 Å². The fourth-order valence-corrected chi connectivity index (χ4v) is 4.16. The van der Waals surface area contributed by atoms with Crippen molar-refractivity contribution in [2.45, 2.75) is 32.1 Å². The highest BCUT2D eigenvalue weighted by molar-refractivity contribution is 5.85. The van der Waals surface area contributed by atoms with Gasteiger partial charge in [-0.15, -0.1) is 0 Å². The predicted molar refractivity (Wildman–Crippen MR) is 50.0 cm³/mol. The molecule has 4 fully saturated rings. The molecule has 4 saturated carbocycles. The van der Waals surface area contributed by atoms with Crippen molar-refractivity contribution in [1.82, 2.24) is 0 Å². The first-order chi connectivity index (χ1) is 6.22. The van der Waals surface area contributed by atoms with Crippen LogP contribution in [0.1, 0.15) is 32.1 Å². The van der Waals surface area contributed by atoms with E-state index in [0.717, 1.165) is 25.3 Å². The summed E-state index contributed by atoms with van der Waals surface area (Å²) in [7, 11) is 0. The Balaban J connectivity index is 1.96. The number of carbonyl (C=O) groups excluding carboxylic acids is 1. The second kappa shape index (κ2) is 2.35. The second-order valence-corrected chi connectivity index (χ2v) is 5.45. The number of carbonyl (C=O) groups is 1. The summed E-state index contributed by atoms with van der Waals surface area (Å²) in [5, 5.41) is 0. The molecule has 2 nitrogen and oxygen atoms in total. The van der Waals surface area contributed by atoms with Gasteiger partial charge in [-0.25, -0.2) is 0 Å². The molecule has 72 valence electrons. The monoisotopic (exact) mass is 179 g/mol. The lowest BCUT2D eigenvalue weighted by Crippen LogP contribution is -2.53. The van der Waals surface area contributed by atoms with Gasteiger partial charge in [-0.2, -0.15) is 0 Å². The van der Waals surface area contributed by atoms with Crippen molar-refractivity contribution >= 4 is 5.78 Å². The molecule has 0 aromatic heterocycles. The van der Waals surface area contributed by atoms with Gasteiger partial charge >= 0.3 is 0 Å². The third-order valence-electron chi connectivity index (χ3n) is 4.55. The van der Waals surface area contributed by atoms with Gasteiger partial charge in [-0.1, -0.05) is 0 Å². The van der Waals surface area contributed by atoms with Gasteiger partial charge in [-0.05, 0) is 50.0 Å². The zero-order chi connectivity index (χ0) is 9.05. The lowest BCUT2D eigenvalue weighted by Gasteiger charge is -2.55. The summed E-state index contributed by atoms with van der Waals surface area (Å²) >= 11 is 0. The fourth-order valence-electron chi connectivity index (χ4n) is 4.16. The van der Waals surface area contributed by atoms with Crippen LogP contribution in [0.4, 0.5) is 0 Å². The maximum atomic E-state index is 11.8. The Morgan fingerprint density at radius 2 is 1.85 bits per heavy atom. The average molecular weight is 179 g/mol. The number of hydrogen-bond donors (Lipinski definition) is 1. The van der Waals surface area contributed by atoms with E-state index in [4.69, 9.17) is 5.73 Å². The highest BCUT2D eigenvalue weighted by Crippen LogP contribution is 2.57. The Bertz CT molecular complexity index is 243. The fraction of sp³-hybridized carbons (Fsp3) is 0.909. The van der Waals surface area contributed by atoms with E-state index in [2.05, 4.69) is 0 Å². The van der Waals surface area contributed by atoms with E-state index >= 15 is 0 Å². The number of ketones is 1. The van der Waals surface area contributed by atoms with Gasteiger partial charge < -0.3 is 5.73 Å². The molecule has 2 heteroatoms. The van der Waals surface area contributed by atoms with Crippen molar-refractivity contribution in [1.29, 1.82) is 0 Å². The van der Waals surface area contributed by atoms with Gasteiger partial charge in [0.25, 0.3) is 0 Å². The molecule has 0 amide bonds. The Hall–Kier alpha value is -0.370. The van der Waals surface area contributed by atoms with Gasteiger partial charge in [-0.3, -0.25) is 4.79 Å². The van der Waals surface area contributed by atoms with Gasteiger partial charge in [0, 0.05) is 11.8 Å². The van der Waals surface area contributed by atoms with Crippen LogP contribution in [0.15, 0.2) is 0 Å². The van der Waals surface area contributed by atoms with E-state index in [9.17, 15) is 4.79 Å². The highest BCUT2D eigenvalue weighted by Gasteiger charge is 2.54. The zero-order valence-electron chi connectivity index (χ0n) is 7.96. The first-order valence-corrected chi connectivity index (χ1v) is 5.46. The summed E-state index contributed by atoms with van der Waals surface area (Å²) in [6.45, 7) is 0.809. The molecule has 4 bridgehead atoms. The maximum Gasteiger partial charge on any atom is 0.139 e. The van der Waals surface area contributed by atoms with Crippen LogP contribution >= 0.6 is 0 Å². The van der Waals surface area contributed by atoms with E-state index in [1.165, 1.54) is 19.3 Å². The Morgan fingerprint density at radius 3 is 2.38 bits per heavy atom. The van der Waals surface area contributed by atoms with Crippen LogP contribution in [0.25, 0.3) is 0 Å². The van der Waals surface area contributed by atoms with Gasteiger partial charge in [0.05, 0.1) is 0 Å². The molecule has 4 atom stereocenters. The maximum absolute atomic E-state index is 11.8. The Morgan fingerprint density at radius 1 is 1.23 bits per heavy atom. The van der Waals surface area contributed by atoms with Crippen molar-refractivity contribution in [3.05, 3.63) is 0 Å². The SMILES string of the molecule is NCC12CC3C[C@H](C1)C(=O)[C@@H](C3)C2. The predicted octanol–water partition coefficient (Wildman–Crippen LogP) is 1.34. The Labute approximate surface area is 78.9 Å². The first-order valence-electron chi connectivity index (χ1n) is 5.46. The molecule has 2 unspecified atom stereocenters. The summed E-state index contributed by atoms with van der Waals surface area (Å²) in [6, 6.07) is 0. The minimum atomic E-state index is 0.379. The molecule has 4 aliphatic rings. The molecule has 0 aromatic carbocycles. The summed E-state index contributed by atoms with van der Waals surface area (Å²) in [5.41, 5.74) is 6.24. The summed E-state index contributed by atoms with van der Waals surface area (Å²) in [5.74, 6) is 2.20. The molecular weight excluding hydrogens is 162 g/mol. The van der Waals surface area contributed by atoms with Gasteiger partial charge in [0.15, 0.2) is 0 Å². The van der Waals surface area contributed by atoms with E-state index in [1.54, 1.807) is 0 Å². The van der Waals surface area contributed by atoms with Crippen LogP contribution in [0.3, 0.4) is 0 Å². The second-order valence-electron chi connectivity index (χ2n) is 5.45. The quantitative estimate of drug-likeness (QED) is 0.660. The largest absolute Gasteiger partial charge is 0.330 e. The summed E-state index contributed by atoms with van der Waals surface area (Å²) in [4.78, 5) is 11.8. The van der Waals surface area contributed by atoms with E-state index in [0.29, 0.717) is 23.0 Å². The highest BCUT2D eigenvalue weighted by atomic mass is 16.1. The standard InChI is InChI=1S/C11H17NO/c12-6-11-3-7-1-8(4-11)10(13)9(2-7)5-11/h7-9H,1-6,12H2/t7?,8-,9+,11?. The van der Waals surface area contributed by atoms with Crippen molar-refractivity contribution in [2.24, 2.45) is 28.9 Å². The molecule has 4 rings (SSSR count). The summed E-state index contributed by atoms with van der Waals surface area (Å²) < 4.78 is 0. The molecule has 2 N–H and O–H groups in total. The minimum Gasteiger partial charge on any atom is -0.330 e. The molecule has 0 aromatic rings. The van der Waals surface area contributed by atoms with Crippen LogP contribution < -0.4 is 5.73 Å². The normalized spacial score (nSPS) is 53.0. The number of Topliss-reactive ketones (excluding diaryl/α,β-unsaturated/α-hetero) is 1. The zero-order valence-corrected chi connectivity index (χ0v) is 7.96. The summed E-state index contributed by atoms with van der Waals surface area (Å²) in [6.07, 6.45) is 5.88. The van der Waals surface area contributed by atoms with Crippen LogP contribution in [-0.4, -0.2) is 12.3 Å². The molecule has 4 aliphatic carbocycles. The third kappa shape index (κ3) is 0.954. The van der Waals surface area contributed by atoms with Crippen molar-refractivity contribution in [3.8, 4) is 0 Å². The molecule has 0 radical (unpaired) electrons. The lowest BCUT2D eigenvalue weighted by molar-refractivity contribution is -0.146. The molecule has 0 saturated heterocycles. The van der Waals surface area contributed by atoms with Gasteiger partial charge in [0.2, 0.25) is 0 Å². The van der Waals surface area contributed by atoms with Crippen LogP contribution in [-0.2, 0) is 4.79 Å². The molecule has 0 aliphatic heterocycles. The van der Waals surface area contributed by atoms with Crippen molar-refractivity contribution in [3.63, 3.8) is 0 Å². The number of nitrogens with two attached hydrogens (primary N) is 1. The van der Waals surface area contributed by atoms with Crippen molar-refractivity contribution < 1.29 is 4.79 Å². The van der Waals surface area contributed by atoms with E-state index < -0.39 is 0 Å². The van der Waals surface area contributed by atoms with Crippen molar-refractivity contribution in [2.75, 3.05) is 6.54 Å². The van der Waals surface area contributed by atoms with Crippen LogP contribution in [0.5, 0.6) is 0 Å². The van der Waals surface area contributed by atoms with Crippen LogP contribution in [0.2, 0.25) is 0 Å².